The summed E-state index contributed by atoms with van der Waals surface area (Å²) in [5.74, 6) is 1.24. The fraction of sp³-hybridized carbons (Fsp3) is 0.571. The Labute approximate surface area is 102 Å². The van der Waals surface area contributed by atoms with Gasteiger partial charge in [0, 0.05) is 6.04 Å². The summed E-state index contributed by atoms with van der Waals surface area (Å²) in [5, 5.41) is 3.43. The minimum atomic E-state index is -0.257. The molecule has 2 nitrogen and oxygen atoms in total. The lowest BCUT2D eigenvalue weighted by Crippen LogP contribution is -2.25. The van der Waals surface area contributed by atoms with Gasteiger partial charge in [-0.15, -0.1) is 0 Å². The van der Waals surface area contributed by atoms with Crippen molar-refractivity contribution in [1.82, 2.24) is 5.32 Å². The predicted octanol–water partition coefficient (Wildman–Crippen LogP) is 2.94. The Hall–Kier alpha value is -1.09. The number of hydrogen-bond acceptors (Lipinski definition) is 2. The highest BCUT2D eigenvalue weighted by atomic mass is 19.1. The Balaban J connectivity index is 1.94. The fourth-order valence-corrected chi connectivity index (χ4v) is 2.18. The summed E-state index contributed by atoms with van der Waals surface area (Å²) in [4.78, 5) is 0. The first-order valence-electron chi connectivity index (χ1n) is 6.18. The summed E-state index contributed by atoms with van der Waals surface area (Å²) in [6.45, 7) is 5.31. The van der Waals surface area contributed by atoms with Crippen LogP contribution >= 0.6 is 0 Å². The van der Waals surface area contributed by atoms with E-state index < -0.39 is 0 Å². The van der Waals surface area contributed by atoms with E-state index in [1.54, 1.807) is 12.1 Å². The zero-order chi connectivity index (χ0) is 12.4. The van der Waals surface area contributed by atoms with Crippen molar-refractivity contribution in [2.24, 2.45) is 5.92 Å². The molecule has 0 amide bonds. The highest BCUT2D eigenvalue weighted by Gasteiger charge is 2.38. The molecule has 0 saturated heterocycles. The lowest BCUT2D eigenvalue weighted by molar-refractivity contribution is 0.386. The van der Waals surface area contributed by atoms with Gasteiger partial charge in [-0.3, -0.25) is 0 Å². The van der Waals surface area contributed by atoms with E-state index in [1.807, 2.05) is 6.07 Å². The molecule has 2 unspecified atom stereocenters. The molecular weight excluding hydrogens is 217 g/mol. The topological polar surface area (TPSA) is 21.3 Å². The van der Waals surface area contributed by atoms with E-state index in [-0.39, 0.29) is 5.82 Å². The van der Waals surface area contributed by atoms with Gasteiger partial charge in [0.15, 0.2) is 11.6 Å². The van der Waals surface area contributed by atoms with E-state index in [2.05, 4.69) is 19.2 Å². The smallest absolute Gasteiger partial charge is 0.165 e. The van der Waals surface area contributed by atoms with Crippen molar-refractivity contribution < 1.29 is 9.13 Å². The molecule has 0 aliphatic heterocycles. The van der Waals surface area contributed by atoms with Crippen LogP contribution in [0, 0.1) is 11.7 Å². The minimum Gasteiger partial charge on any atom is -0.494 e. The van der Waals surface area contributed by atoms with Gasteiger partial charge in [0.25, 0.3) is 0 Å². The molecule has 1 fully saturated rings. The summed E-state index contributed by atoms with van der Waals surface area (Å²) in [6, 6.07) is 5.82. The number of benzene rings is 1. The van der Waals surface area contributed by atoms with Gasteiger partial charge in [0.05, 0.1) is 7.11 Å². The number of methoxy groups -OCH3 is 1. The summed E-state index contributed by atoms with van der Waals surface area (Å²) in [7, 11) is 1.49. The van der Waals surface area contributed by atoms with E-state index in [0.717, 1.165) is 18.5 Å². The van der Waals surface area contributed by atoms with Crippen LogP contribution in [0.5, 0.6) is 5.75 Å². The number of rotatable bonds is 5. The Bertz CT molecular complexity index is 392. The molecule has 0 aromatic heterocycles. The standard InChI is InChI=1S/C14H20FNO/c1-9(2)16-8-11-6-12(11)10-4-5-14(17-3)13(15)7-10/h4-5,7,9,11-12,16H,6,8H2,1-3H3. The van der Waals surface area contributed by atoms with Gasteiger partial charge in [-0.25, -0.2) is 4.39 Å². The molecule has 1 saturated carbocycles. The van der Waals surface area contributed by atoms with E-state index >= 15 is 0 Å². The molecule has 0 spiro atoms. The monoisotopic (exact) mass is 237 g/mol. The molecule has 1 aliphatic rings. The van der Waals surface area contributed by atoms with Crippen molar-refractivity contribution in [3.63, 3.8) is 0 Å². The maximum atomic E-state index is 13.5. The Morgan fingerprint density at radius 3 is 2.82 bits per heavy atom. The average Bonchev–Trinajstić information content (AvgIpc) is 3.05. The van der Waals surface area contributed by atoms with Gasteiger partial charge in [-0.2, -0.15) is 0 Å². The van der Waals surface area contributed by atoms with Crippen molar-refractivity contribution in [2.75, 3.05) is 13.7 Å². The molecule has 17 heavy (non-hydrogen) atoms. The molecule has 1 aromatic rings. The molecule has 1 aliphatic carbocycles. The minimum absolute atomic E-state index is 0.257. The highest BCUT2D eigenvalue weighted by Crippen LogP contribution is 2.47. The van der Waals surface area contributed by atoms with Gasteiger partial charge < -0.3 is 10.1 Å². The largest absolute Gasteiger partial charge is 0.494 e. The molecule has 2 atom stereocenters. The molecule has 0 heterocycles. The zero-order valence-electron chi connectivity index (χ0n) is 10.7. The maximum Gasteiger partial charge on any atom is 0.165 e. The first-order chi connectivity index (χ1) is 8.11. The van der Waals surface area contributed by atoms with Gasteiger partial charge in [0.1, 0.15) is 0 Å². The number of nitrogens with one attached hydrogen (secondary N) is 1. The molecule has 3 heteroatoms. The average molecular weight is 237 g/mol. The Kier molecular flexibility index (Phi) is 3.67. The van der Waals surface area contributed by atoms with Gasteiger partial charge in [-0.05, 0) is 42.5 Å². The lowest BCUT2D eigenvalue weighted by Gasteiger charge is -2.08. The zero-order valence-corrected chi connectivity index (χ0v) is 10.7. The summed E-state index contributed by atoms with van der Waals surface area (Å²) in [5.41, 5.74) is 1.10. The quantitative estimate of drug-likeness (QED) is 0.850. The predicted molar refractivity (Wildman–Crippen MR) is 66.9 cm³/mol. The van der Waals surface area contributed by atoms with Gasteiger partial charge >= 0.3 is 0 Å². The van der Waals surface area contributed by atoms with Crippen LogP contribution in [0.1, 0.15) is 31.7 Å². The van der Waals surface area contributed by atoms with Crippen LogP contribution in [0.25, 0.3) is 0 Å². The summed E-state index contributed by atoms with van der Waals surface area (Å²) in [6.07, 6.45) is 1.16. The van der Waals surface area contributed by atoms with E-state index in [9.17, 15) is 4.39 Å². The third-order valence-corrected chi connectivity index (χ3v) is 3.31. The van der Waals surface area contributed by atoms with Crippen molar-refractivity contribution in [1.29, 1.82) is 0 Å². The van der Waals surface area contributed by atoms with Crippen molar-refractivity contribution in [3.05, 3.63) is 29.6 Å². The van der Waals surface area contributed by atoms with E-state index in [1.165, 1.54) is 7.11 Å². The number of hydrogen-bond donors (Lipinski definition) is 1. The van der Waals surface area contributed by atoms with E-state index in [0.29, 0.717) is 23.6 Å². The highest BCUT2D eigenvalue weighted by molar-refractivity contribution is 5.34. The van der Waals surface area contributed by atoms with Crippen LogP contribution in [0.4, 0.5) is 4.39 Å². The Morgan fingerprint density at radius 2 is 2.24 bits per heavy atom. The van der Waals surface area contributed by atoms with Gasteiger partial charge in [-0.1, -0.05) is 19.9 Å². The van der Waals surface area contributed by atoms with Crippen LogP contribution < -0.4 is 10.1 Å². The maximum absolute atomic E-state index is 13.5. The lowest BCUT2D eigenvalue weighted by atomic mass is 10.1. The molecule has 2 rings (SSSR count). The van der Waals surface area contributed by atoms with Gasteiger partial charge in [0.2, 0.25) is 0 Å². The van der Waals surface area contributed by atoms with Crippen LogP contribution in [0.2, 0.25) is 0 Å². The third kappa shape index (κ3) is 2.97. The second-order valence-corrected chi connectivity index (χ2v) is 5.06. The van der Waals surface area contributed by atoms with Crippen molar-refractivity contribution in [3.8, 4) is 5.75 Å². The van der Waals surface area contributed by atoms with Crippen LogP contribution in [0.15, 0.2) is 18.2 Å². The van der Waals surface area contributed by atoms with Crippen LogP contribution in [-0.4, -0.2) is 19.7 Å². The number of ether oxygens (including phenoxy) is 1. The molecule has 94 valence electrons. The van der Waals surface area contributed by atoms with E-state index in [4.69, 9.17) is 4.74 Å². The number of halogens is 1. The molecule has 0 radical (unpaired) electrons. The SMILES string of the molecule is COc1ccc(C2CC2CNC(C)C)cc1F. The first-order valence-corrected chi connectivity index (χ1v) is 6.18. The molecule has 1 aromatic carbocycles. The normalized spacial score (nSPS) is 22.9. The third-order valence-electron chi connectivity index (χ3n) is 3.31. The fourth-order valence-electron chi connectivity index (χ4n) is 2.18. The molecular formula is C14H20FNO. The second-order valence-electron chi connectivity index (χ2n) is 5.06. The Morgan fingerprint density at radius 1 is 1.47 bits per heavy atom. The van der Waals surface area contributed by atoms with Crippen molar-refractivity contribution >= 4 is 0 Å². The van der Waals surface area contributed by atoms with Crippen LogP contribution in [-0.2, 0) is 0 Å². The van der Waals surface area contributed by atoms with Crippen molar-refractivity contribution in [2.45, 2.75) is 32.2 Å². The molecule has 0 bridgehead atoms. The molecule has 1 N–H and O–H groups in total. The van der Waals surface area contributed by atoms with Crippen LogP contribution in [0.3, 0.4) is 0 Å². The summed E-state index contributed by atoms with van der Waals surface area (Å²) < 4.78 is 18.5. The summed E-state index contributed by atoms with van der Waals surface area (Å²) >= 11 is 0. The first kappa shape index (κ1) is 12.4. The second kappa shape index (κ2) is 5.05.